The molecule has 1 amide bonds. The van der Waals surface area contributed by atoms with E-state index in [9.17, 15) is 23.1 Å². The molecule has 188 valence electrons. The van der Waals surface area contributed by atoms with Crippen LogP contribution in [-0.2, 0) is 13.2 Å². The van der Waals surface area contributed by atoms with Crippen molar-refractivity contribution in [2.45, 2.75) is 19.2 Å². The summed E-state index contributed by atoms with van der Waals surface area (Å²) in [6.45, 7) is 1.62. The number of hydrogen-bond donors (Lipinski definition) is 2. The van der Waals surface area contributed by atoms with Crippen molar-refractivity contribution in [3.8, 4) is 22.5 Å². The van der Waals surface area contributed by atoms with Gasteiger partial charge in [-0.05, 0) is 42.8 Å². The Hall–Kier alpha value is -4.44. The van der Waals surface area contributed by atoms with Crippen molar-refractivity contribution in [3.63, 3.8) is 0 Å². The molecule has 0 bridgehead atoms. The Kier molecular flexibility index (Phi) is 6.04. The number of rotatable bonds is 5. The fourth-order valence-corrected chi connectivity index (χ4v) is 4.11. The number of hydrogen-bond acceptors (Lipinski definition) is 4. The molecule has 0 saturated carbocycles. The van der Waals surface area contributed by atoms with E-state index in [0.717, 1.165) is 17.7 Å². The number of nitrogens with one attached hydrogen (secondary N) is 1. The Balaban J connectivity index is 1.61. The number of benzene rings is 2. The third-order valence-corrected chi connectivity index (χ3v) is 5.98. The maximum Gasteiger partial charge on any atom is 0.417 e. The van der Waals surface area contributed by atoms with Gasteiger partial charge in [-0.25, -0.2) is 4.98 Å². The first-order valence-corrected chi connectivity index (χ1v) is 11.4. The average molecular weight is 506 g/mol. The van der Waals surface area contributed by atoms with E-state index in [4.69, 9.17) is 0 Å². The van der Waals surface area contributed by atoms with Crippen LogP contribution in [-0.4, -0.2) is 30.2 Å². The Labute approximate surface area is 209 Å². The summed E-state index contributed by atoms with van der Waals surface area (Å²) in [5.74, 6) is -0.291. The SMILES string of the molecule is CC(O)c1ccc2nc(-c3ccccc3)c(NC(=O)c3ccc(C(F)(F)F)c(-c4ccn(C)n4)c3)n2c1. The Morgan fingerprint density at radius 2 is 1.81 bits per heavy atom. The Morgan fingerprint density at radius 3 is 2.46 bits per heavy atom. The number of amides is 1. The molecule has 2 N–H and O–H groups in total. The highest BCUT2D eigenvalue weighted by molar-refractivity contribution is 6.06. The lowest BCUT2D eigenvalue weighted by Crippen LogP contribution is -2.16. The van der Waals surface area contributed by atoms with Crippen LogP contribution in [0.5, 0.6) is 0 Å². The summed E-state index contributed by atoms with van der Waals surface area (Å²) in [6, 6.07) is 17.3. The molecule has 1 unspecified atom stereocenters. The number of pyridine rings is 1. The van der Waals surface area contributed by atoms with E-state index in [1.165, 1.54) is 23.0 Å². The lowest BCUT2D eigenvalue weighted by atomic mass is 10.0. The molecule has 5 aromatic rings. The lowest BCUT2D eigenvalue weighted by molar-refractivity contribution is -0.137. The zero-order valence-electron chi connectivity index (χ0n) is 19.9. The summed E-state index contributed by atoms with van der Waals surface area (Å²) in [7, 11) is 1.60. The van der Waals surface area contributed by atoms with E-state index in [1.54, 1.807) is 36.7 Å². The van der Waals surface area contributed by atoms with Gasteiger partial charge in [0, 0.05) is 36.1 Å². The zero-order chi connectivity index (χ0) is 26.3. The molecular formula is C27H22F3N5O2. The molecule has 37 heavy (non-hydrogen) atoms. The van der Waals surface area contributed by atoms with Crippen LogP contribution in [0.1, 0.15) is 34.5 Å². The fraction of sp³-hybridized carbons (Fsp3) is 0.148. The number of carbonyl (C=O) groups excluding carboxylic acids is 1. The molecule has 7 nitrogen and oxygen atoms in total. The lowest BCUT2D eigenvalue weighted by Gasteiger charge is -2.14. The van der Waals surface area contributed by atoms with Crippen LogP contribution < -0.4 is 5.32 Å². The molecule has 3 aromatic heterocycles. The van der Waals surface area contributed by atoms with Crippen molar-refractivity contribution < 1.29 is 23.1 Å². The van der Waals surface area contributed by atoms with Crippen LogP contribution in [0, 0.1) is 0 Å². The van der Waals surface area contributed by atoms with Crippen LogP contribution in [0.25, 0.3) is 28.2 Å². The molecule has 2 aromatic carbocycles. The molecule has 0 spiro atoms. The molecule has 3 heterocycles. The molecule has 10 heteroatoms. The number of halogens is 3. The molecular weight excluding hydrogens is 483 g/mol. The van der Waals surface area contributed by atoms with E-state index in [-0.39, 0.29) is 16.8 Å². The van der Waals surface area contributed by atoms with E-state index in [2.05, 4.69) is 15.4 Å². The normalized spacial score (nSPS) is 12.6. The van der Waals surface area contributed by atoms with E-state index < -0.39 is 23.8 Å². The monoisotopic (exact) mass is 505 g/mol. The van der Waals surface area contributed by atoms with Gasteiger partial charge < -0.3 is 10.4 Å². The first-order chi connectivity index (χ1) is 17.6. The summed E-state index contributed by atoms with van der Waals surface area (Å²) >= 11 is 0. The molecule has 1 atom stereocenters. The van der Waals surface area contributed by atoms with Gasteiger partial charge in [0.05, 0.1) is 17.4 Å². The van der Waals surface area contributed by atoms with Crippen molar-refractivity contribution in [1.82, 2.24) is 19.2 Å². The second-order valence-corrected chi connectivity index (χ2v) is 8.63. The maximum atomic E-state index is 13.7. The van der Waals surface area contributed by atoms with Crippen molar-refractivity contribution in [2.75, 3.05) is 5.32 Å². The molecule has 0 fully saturated rings. The molecule has 0 aliphatic rings. The highest BCUT2D eigenvalue weighted by Crippen LogP contribution is 2.37. The Bertz CT molecular complexity index is 1600. The molecule has 5 rings (SSSR count). The van der Waals surface area contributed by atoms with E-state index in [0.29, 0.717) is 22.7 Å². The minimum Gasteiger partial charge on any atom is -0.389 e. The quantitative estimate of drug-likeness (QED) is 0.320. The number of imidazole rings is 1. The third kappa shape index (κ3) is 4.70. The van der Waals surface area contributed by atoms with Gasteiger partial charge in [0.25, 0.3) is 5.91 Å². The largest absolute Gasteiger partial charge is 0.417 e. The van der Waals surface area contributed by atoms with Crippen molar-refractivity contribution in [1.29, 1.82) is 0 Å². The van der Waals surface area contributed by atoms with Gasteiger partial charge in [-0.15, -0.1) is 0 Å². The highest BCUT2D eigenvalue weighted by atomic mass is 19.4. The number of aliphatic hydroxyl groups is 1. The predicted molar refractivity (Wildman–Crippen MR) is 133 cm³/mol. The van der Waals surface area contributed by atoms with Gasteiger partial charge in [-0.1, -0.05) is 36.4 Å². The van der Waals surface area contributed by atoms with Crippen LogP contribution in [0.2, 0.25) is 0 Å². The van der Waals surface area contributed by atoms with Gasteiger partial charge >= 0.3 is 6.18 Å². The zero-order valence-corrected chi connectivity index (χ0v) is 19.9. The fourth-order valence-electron chi connectivity index (χ4n) is 4.11. The van der Waals surface area contributed by atoms with Crippen LogP contribution in [0.3, 0.4) is 0 Å². The van der Waals surface area contributed by atoms with Crippen molar-refractivity contribution in [3.05, 3.63) is 95.8 Å². The maximum absolute atomic E-state index is 13.7. The van der Waals surface area contributed by atoms with Gasteiger partial charge in [0.15, 0.2) is 0 Å². The second-order valence-electron chi connectivity index (χ2n) is 8.63. The summed E-state index contributed by atoms with van der Waals surface area (Å²) in [6.07, 6.45) is -2.18. The van der Waals surface area contributed by atoms with Crippen molar-refractivity contribution >= 4 is 17.4 Å². The number of aromatic nitrogens is 4. The minimum absolute atomic E-state index is 0.0225. The second kappa shape index (κ2) is 9.21. The molecule has 0 saturated heterocycles. The summed E-state index contributed by atoms with van der Waals surface area (Å²) in [5.41, 5.74) is 1.39. The van der Waals surface area contributed by atoms with Gasteiger partial charge in [-0.3, -0.25) is 13.9 Å². The standard InChI is InChI=1S/C27H22F3N5O2/c1-16(36)19-9-11-23-31-24(17-6-4-3-5-7-17)25(35(23)15-19)32-26(37)18-8-10-21(27(28,29)30)20(14-18)22-12-13-34(2)33-22/h3-16,36H,1-2H3,(H,32,37). The van der Waals surface area contributed by atoms with Gasteiger partial charge in [0.2, 0.25) is 0 Å². The summed E-state index contributed by atoms with van der Waals surface area (Å²) in [4.78, 5) is 18.0. The number of carbonyl (C=O) groups is 1. The van der Waals surface area contributed by atoms with Crippen LogP contribution in [0.15, 0.2) is 79.1 Å². The molecule has 0 aliphatic carbocycles. The van der Waals surface area contributed by atoms with Gasteiger partial charge in [-0.2, -0.15) is 18.3 Å². The first-order valence-electron chi connectivity index (χ1n) is 11.4. The Morgan fingerprint density at radius 1 is 1.05 bits per heavy atom. The highest BCUT2D eigenvalue weighted by Gasteiger charge is 2.34. The first kappa shape index (κ1) is 24.3. The average Bonchev–Trinajstić information content (AvgIpc) is 3.47. The number of aryl methyl sites for hydroxylation is 1. The van der Waals surface area contributed by atoms with Crippen LogP contribution >= 0.6 is 0 Å². The number of aliphatic hydroxyl groups excluding tert-OH is 1. The molecule has 0 aliphatic heterocycles. The van der Waals surface area contributed by atoms with Gasteiger partial charge in [0.1, 0.15) is 17.2 Å². The van der Waals surface area contributed by atoms with Crippen LogP contribution in [0.4, 0.5) is 19.0 Å². The minimum atomic E-state index is -4.62. The topological polar surface area (TPSA) is 84.5 Å². The number of anilines is 1. The van der Waals surface area contributed by atoms with Crippen molar-refractivity contribution in [2.24, 2.45) is 7.05 Å². The summed E-state index contributed by atoms with van der Waals surface area (Å²) in [5, 5.41) is 17.0. The number of nitrogens with zero attached hydrogens (tertiary/aromatic N) is 4. The van der Waals surface area contributed by atoms with E-state index in [1.807, 2.05) is 30.3 Å². The summed E-state index contributed by atoms with van der Waals surface area (Å²) < 4.78 is 44.2. The number of alkyl halides is 3. The smallest absolute Gasteiger partial charge is 0.389 e. The third-order valence-electron chi connectivity index (χ3n) is 5.98. The predicted octanol–water partition coefficient (Wildman–Crippen LogP) is 5.73. The molecule has 0 radical (unpaired) electrons. The van der Waals surface area contributed by atoms with E-state index >= 15 is 0 Å². The number of fused-ring (bicyclic) bond motifs is 1.